The number of methoxy groups -OCH3 is 1. The van der Waals surface area contributed by atoms with Gasteiger partial charge in [0.2, 0.25) is 0 Å². The Hall–Kier alpha value is -1.02. The second-order valence-corrected chi connectivity index (χ2v) is 4.99. The van der Waals surface area contributed by atoms with Gasteiger partial charge < -0.3 is 9.64 Å². The van der Waals surface area contributed by atoms with Gasteiger partial charge in [0.05, 0.1) is 0 Å². The Morgan fingerprint density at radius 1 is 1.13 bits per heavy atom. The molecule has 1 aliphatic rings. The average molecular weight is 205 g/mol. The van der Waals surface area contributed by atoms with E-state index in [2.05, 4.69) is 49.9 Å². The Kier molecular flexibility index (Phi) is 2.27. The van der Waals surface area contributed by atoms with Crippen molar-refractivity contribution in [2.75, 3.05) is 18.6 Å². The van der Waals surface area contributed by atoms with Crippen LogP contribution >= 0.6 is 0 Å². The maximum Gasteiger partial charge on any atom is 0.144 e. The molecule has 2 rings (SSSR count). The molecule has 0 N–H and O–H groups in total. The maximum absolute atomic E-state index is 5.68. The summed E-state index contributed by atoms with van der Waals surface area (Å²) < 4.78 is 5.68. The van der Waals surface area contributed by atoms with Crippen molar-refractivity contribution in [1.29, 1.82) is 0 Å². The molecule has 1 aromatic rings. The summed E-state index contributed by atoms with van der Waals surface area (Å²) in [5, 5.41) is 0. The van der Waals surface area contributed by atoms with E-state index in [0.717, 1.165) is 6.54 Å². The van der Waals surface area contributed by atoms with Crippen molar-refractivity contribution in [1.82, 2.24) is 0 Å². The fraction of sp³-hybridized carbons (Fsp3) is 0.538. The number of rotatable bonds is 2. The molecular formula is C13H19NO. The summed E-state index contributed by atoms with van der Waals surface area (Å²) in [5.74, 6) is 0. The van der Waals surface area contributed by atoms with Crippen LogP contribution in [0.4, 0.5) is 5.69 Å². The van der Waals surface area contributed by atoms with Crippen LogP contribution in [0.1, 0.15) is 20.8 Å². The number of benzene rings is 1. The summed E-state index contributed by atoms with van der Waals surface area (Å²) in [4.78, 5) is 2.31. The van der Waals surface area contributed by atoms with Gasteiger partial charge in [-0.1, -0.05) is 32.0 Å². The second-order valence-electron chi connectivity index (χ2n) is 4.99. The molecule has 0 amide bonds. The normalized spacial score (nSPS) is 28.7. The minimum atomic E-state index is -0.186. The van der Waals surface area contributed by atoms with Crippen molar-refractivity contribution >= 4 is 5.69 Å². The third kappa shape index (κ3) is 1.36. The molecule has 1 fully saturated rings. The van der Waals surface area contributed by atoms with Crippen molar-refractivity contribution in [3.05, 3.63) is 30.3 Å². The fourth-order valence-electron chi connectivity index (χ4n) is 2.30. The predicted octanol–water partition coefficient (Wildman–Crippen LogP) is 2.90. The third-order valence-electron chi connectivity index (χ3n) is 3.79. The lowest BCUT2D eigenvalue weighted by Gasteiger charge is -2.62. The highest BCUT2D eigenvalue weighted by molar-refractivity contribution is 5.52. The number of nitrogens with zero attached hydrogens (tertiary/aromatic N) is 1. The molecule has 1 aliphatic heterocycles. The van der Waals surface area contributed by atoms with E-state index < -0.39 is 0 Å². The van der Waals surface area contributed by atoms with E-state index in [1.54, 1.807) is 7.11 Å². The Bertz CT molecular complexity index is 347. The first-order chi connectivity index (χ1) is 7.01. The summed E-state index contributed by atoms with van der Waals surface area (Å²) in [6, 6.07) is 10.4. The lowest BCUT2D eigenvalue weighted by molar-refractivity contribution is -0.138. The van der Waals surface area contributed by atoms with Gasteiger partial charge in [0.15, 0.2) is 0 Å². The molecule has 1 unspecified atom stereocenters. The Morgan fingerprint density at radius 2 is 1.73 bits per heavy atom. The number of ether oxygens (including phenoxy) is 1. The Morgan fingerprint density at radius 3 is 2.20 bits per heavy atom. The van der Waals surface area contributed by atoms with Crippen molar-refractivity contribution in [2.24, 2.45) is 5.41 Å². The zero-order chi connectivity index (χ0) is 11.1. The van der Waals surface area contributed by atoms with E-state index in [4.69, 9.17) is 4.74 Å². The van der Waals surface area contributed by atoms with Crippen molar-refractivity contribution in [3.8, 4) is 0 Å². The molecule has 1 atom stereocenters. The molecule has 0 saturated carbocycles. The molecule has 82 valence electrons. The van der Waals surface area contributed by atoms with Crippen LogP contribution in [-0.2, 0) is 4.74 Å². The minimum Gasteiger partial charge on any atom is -0.359 e. The smallest absolute Gasteiger partial charge is 0.144 e. The van der Waals surface area contributed by atoms with E-state index in [1.165, 1.54) is 5.69 Å². The van der Waals surface area contributed by atoms with Crippen molar-refractivity contribution < 1.29 is 4.74 Å². The zero-order valence-electron chi connectivity index (χ0n) is 9.95. The van der Waals surface area contributed by atoms with Crippen LogP contribution < -0.4 is 4.90 Å². The number of hydrogen-bond donors (Lipinski definition) is 0. The molecule has 0 aromatic heterocycles. The van der Waals surface area contributed by atoms with Crippen LogP contribution in [0, 0.1) is 5.41 Å². The van der Waals surface area contributed by atoms with Gasteiger partial charge in [-0.3, -0.25) is 0 Å². The van der Waals surface area contributed by atoms with Gasteiger partial charge >= 0.3 is 0 Å². The van der Waals surface area contributed by atoms with Crippen LogP contribution in [0.25, 0.3) is 0 Å². The fourth-order valence-corrected chi connectivity index (χ4v) is 2.30. The zero-order valence-corrected chi connectivity index (χ0v) is 9.95. The summed E-state index contributed by atoms with van der Waals surface area (Å²) in [6.07, 6.45) is 0. The summed E-state index contributed by atoms with van der Waals surface area (Å²) in [6.45, 7) is 7.69. The average Bonchev–Trinajstić information content (AvgIpc) is 2.26. The summed E-state index contributed by atoms with van der Waals surface area (Å²) in [7, 11) is 1.79. The van der Waals surface area contributed by atoms with Gasteiger partial charge in [-0.05, 0) is 19.1 Å². The van der Waals surface area contributed by atoms with E-state index in [1.807, 2.05) is 6.07 Å². The molecule has 1 heterocycles. The Balaban J connectivity index is 2.28. The molecule has 0 bridgehead atoms. The van der Waals surface area contributed by atoms with E-state index in [-0.39, 0.29) is 11.1 Å². The second kappa shape index (κ2) is 3.24. The lowest BCUT2D eigenvalue weighted by atomic mass is 9.72. The molecule has 0 radical (unpaired) electrons. The van der Waals surface area contributed by atoms with E-state index >= 15 is 0 Å². The van der Waals surface area contributed by atoms with Crippen LogP contribution in [0.3, 0.4) is 0 Å². The first-order valence-electron chi connectivity index (χ1n) is 5.39. The molecule has 15 heavy (non-hydrogen) atoms. The van der Waals surface area contributed by atoms with Crippen molar-refractivity contribution in [3.63, 3.8) is 0 Å². The molecule has 0 aliphatic carbocycles. The van der Waals surface area contributed by atoms with Gasteiger partial charge in [-0.25, -0.2) is 0 Å². The SMILES string of the molecule is COC1(C)N(c2ccccc2)CC1(C)C. The standard InChI is InChI=1S/C13H19NO/c1-12(2)10-14(13(12,3)15-4)11-8-6-5-7-9-11/h5-9H,10H2,1-4H3. The van der Waals surface area contributed by atoms with Crippen LogP contribution in [0.15, 0.2) is 30.3 Å². The summed E-state index contributed by atoms with van der Waals surface area (Å²) in [5.41, 5.74) is 1.26. The van der Waals surface area contributed by atoms with Gasteiger partial charge in [-0.15, -0.1) is 0 Å². The van der Waals surface area contributed by atoms with Gasteiger partial charge in [0.25, 0.3) is 0 Å². The predicted molar refractivity (Wildman–Crippen MR) is 63.0 cm³/mol. The molecular weight excluding hydrogens is 186 g/mol. The van der Waals surface area contributed by atoms with E-state index in [0.29, 0.717) is 0 Å². The molecule has 2 heteroatoms. The summed E-state index contributed by atoms with van der Waals surface area (Å²) >= 11 is 0. The number of para-hydroxylation sites is 1. The monoisotopic (exact) mass is 205 g/mol. The van der Waals surface area contributed by atoms with Crippen LogP contribution in [0.5, 0.6) is 0 Å². The van der Waals surface area contributed by atoms with Crippen molar-refractivity contribution in [2.45, 2.75) is 26.5 Å². The molecule has 1 aromatic carbocycles. The largest absolute Gasteiger partial charge is 0.359 e. The first-order valence-corrected chi connectivity index (χ1v) is 5.39. The van der Waals surface area contributed by atoms with Gasteiger partial charge in [0.1, 0.15) is 5.72 Å². The Labute approximate surface area is 91.9 Å². The van der Waals surface area contributed by atoms with E-state index in [9.17, 15) is 0 Å². The molecule has 2 nitrogen and oxygen atoms in total. The number of hydrogen-bond acceptors (Lipinski definition) is 2. The maximum atomic E-state index is 5.68. The van der Waals surface area contributed by atoms with Crippen LogP contribution in [-0.4, -0.2) is 19.4 Å². The highest BCUT2D eigenvalue weighted by Gasteiger charge is 2.56. The number of anilines is 1. The van der Waals surface area contributed by atoms with Crippen LogP contribution in [0.2, 0.25) is 0 Å². The lowest BCUT2D eigenvalue weighted by Crippen LogP contribution is -2.72. The van der Waals surface area contributed by atoms with Gasteiger partial charge in [-0.2, -0.15) is 0 Å². The quantitative estimate of drug-likeness (QED) is 0.736. The third-order valence-corrected chi connectivity index (χ3v) is 3.79. The minimum absolute atomic E-state index is 0.186. The molecule has 0 spiro atoms. The highest BCUT2D eigenvalue weighted by atomic mass is 16.5. The first kappa shape index (κ1) is 10.5. The topological polar surface area (TPSA) is 12.5 Å². The highest BCUT2D eigenvalue weighted by Crippen LogP contribution is 2.49. The molecule has 1 saturated heterocycles. The van der Waals surface area contributed by atoms with Gasteiger partial charge in [0, 0.05) is 24.8 Å².